The summed E-state index contributed by atoms with van der Waals surface area (Å²) in [4.78, 5) is 28.4. The van der Waals surface area contributed by atoms with Crippen molar-refractivity contribution < 1.29 is 0 Å². The van der Waals surface area contributed by atoms with Gasteiger partial charge >= 0.3 is 0 Å². The highest BCUT2D eigenvalue weighted by Crippen LogP contribution is 2.30. The van der Waals surface area contributed by atoms with Crippen molar-refractivity contribution in [2.24, 2.45) is 0 Å². The Morgan fingerprint density at radius 1 is 0.422 bits per heavy atom. The summed E-state index contributed by atoms with van der Waals surface area (Å²) in [7, 11) is 2.61. The van der Waals surface area contributed by atoms with Crippen molar-refractivity contribution in [1.29, 1.82) is 10.8 Å². The second-order valence-corrected chi connectivity index (χ2v) is 10.8. The predicted octanol–water partition coefficient (Wildman–Crippen LogP) is 6.75. The zero-order valence-electron chi connectivity index (χ0n) is 23.9. The van der Waals surface area contributed by atoms with Crippen LogP contribution in [0.5, 0.6) is 0 Å². The minimum Gasteiger partial charge on any atom is -0.299 e. The molecule has 6 heterocycles. The summed E-state index contributed by atoms with van der Waals surface area (Å²) in [6.07, 6.45) is 5.27. The van der Waals surface area contributed by atoms with E-state index in [-0.39, 0.29) is 11.4 Å². The van der Waals surface area contributed by atoms with Gasteiger partial charge in [-0.25, -0.2) is 24.9 Å². The van der Waals surface area contributed by atoms with E-state index in [1.54, 1.807) is 12.3 Å². The Hall–Kier alpha value is -5.85. The van der Waals surface area contributed by atoms with Gasteiger partial charge in [0, 0.05) is 17.3 Å². The van der Waals surface area contributed by atoms with E-state index in [1.807, 2.05) is 115 Å². The fourth-order valence-electron chi connectivity index (χ4n) is 5.01. The number of pyridine rings is 6. The lowest BCUT2D eigenvalue weighted by atomic mass is 9.91. The van der Waals surface area contributed by atoms with Crippen LogP contribution in [0.2, 0.25) is 0 Å². The van der Waals surface area contributed by atoms with Crippen molar-refractivity contribution in [3.63, 3.8) is 0 Å². The van der Waals surface area contributed by atoms with Gasteiger partial charge in [0.2, 0.25) is 0 Å². The van der Waals surface area contributed by atoms with Crippen LogP contribution in [-0.4, -0.2) is 41.3 Å². The Kier molecular flexibility index (Phi) is 7.47. The molecule has 214 valence electrons. The minimum atomic E-state index is 0.0840. The van der Waals surface area contributed by atoms with Crippen molar-refractivity contribution in [2.45, 2.75) is 0 Å². The topological polar surface area (TPSA) is 125 Å². The van der Waals surface area contributed by atoms with Gasteiger partial charge in [-0.15, -0.1) is 0 Å². The van der Waals surface area contributed by atoms with Crippen molar-refractivity contribution in [2.75, 3.05) is 0 Å². The summed E-state index contributed by atoms with van der Waals surface area (Å²) in [5.41, 5.74) is 9.33. The molecule has 45 heavy (non-hydrogen) atoms. The highest BCUT2D eigenvalue weighted by molar-refractivity contribution is 7.26. The van der Waals surface area contributed by atoms with Crippen LogP contribution in [0.25, 0.3) is 56.7 Å². The third-order valence-electron chi connectivity index (χ3n) is 7.19. The molecule has 1 aliphatic rings. The van der Waals surface area contributed by atoms with E-state index in [0.717, 1.165) is 28.2 Å². The lowest BCUT2D eigenvalue weighted by Gasteiger charge is -2.16. The zero-order chi connectivity index (χ0) is 30.8. The summed E-state index contributed by atoms with van der Waals surface area (Å²) in [6.45, 7) is 0. The van der Waals surface area contributed by atoms with Gasteiger partial charge < -0.3 is 0 Å². The van der Waals surface area contributed by atoms with Gasteiger partial charge in [0.25, 0.3) is 0 Å². The van der Waals surface area contributed by atoms with E-state index in [9.17, 15) is 0 Å². The van der Waals surface area contributed by atoms with Crippen LogP contribution >= 0.6 is 9.24 Å². The third kappa shape index (κ3) is 5.87. The molecule has 1 unspecified atom stereocenters. The number of aromatic nitrogens is 6. The number of nitrogens with one attached hydrogen (secondary N) is 2. The molecule has 0 saturated heterocycles. The molecule has 6 aromatic rings. The minimum absolute atomic E-state index is 0.0840. The number of nitrogens with zero attached hydrogens (tertiary/aromatic N) is 6. The van der Waals surface area contributed by atoms with Gasteiger partial charge in [-0.3, -0.25) is 15.8 Å². The SMILES string of the molecule is N=C1C=C(c2cccc(-c3cccc(-c4cccc(P)n4)n3)n2)C=C(c2cccc(-c3cccc(-c4ccccn4)n3)n2)C1=N. The van der Waals surface area contributed by atoms with Crippen molar-refractivity contribution >= 4 is 37.2 Å². The standard InChI is InChI=1S/C36H25N8P/c37-24-21-22(25-9-3-12-29(40-25)31-15-6-16-33(43-31)34-17-7-18-35(45)44-34)20-23(36(24)38)26-10-4-13-30(41-26)32-14-5-11-28(42-32)27-8-1-2-19-39-27/h1-21,37-38H,45H2. The lowest BCUT2D eigenvalue weighted by molar-refractivity contribution is 1.20. The van der Waals surface area contributed by atoms with E-state index in [4.69, 9.17) is 30.8 Å². The predicted molar refractivity (Wildman–Crippen MR) is 182 cm³/mol. The Morgan fingerprint density at radius 2 is 0.867 bits per heavy atom. The quantitative estimate of drug-likeness (QED) is 0.161. The molecule has 0 fully saturated rings. The Balaban J connectivity index is 1.22. The molecule has 0 saturated carbocycles. The largest absolute Gasteiger partial charge is 0.299 e. The number of hydrogen-bond acceptors (Lipinski definition) is 8. The van der Waals surface area contributed by atoms with Gasteiger partial charge in [0.05, 0.1) is 73.8 Å². The molecule has 8 nitrogen and oxygen atoms in total. The normalized spacial score (nSPS) is 12.9. The number of rotatable bonds is 6. The molecule has 0 aliphatic heterocycles. The first kappa shape index (κ1) is 28.0. The average Bonchev–Trinajstić information content (AvgIpc) is 3.10. The molecule has 1 atom stereocenters. The van der Waals surface area contributed by atoms with Crippen LogP contribution in [0.15, 0.2) is 128 Å². The Bertz CT molecular complexity index is 2170. The highest BCUT2D eigenvalue weighted by Gasteiger charge is 2.21. The van der Waals surface area contributed by atoms with Crippen LogP contribution in [0.4, 0.5) is 0 Å². The second kappa shape index (κ2) is 12.0. The molecule has 0 amide bonds. The molecule has 2 N–H and O–H groups in total. The van der Waals surface area contributed by atoms with E-state index in [2.05, 4.69) is 19.2 Å². The molecule has 0 radical (unpaired) electrons. The number of hydrogen-bond donors (Lipinski definition) is 2. The maximum atomic E-state index is 8.72. The van der Waals surface area contributed by atoms with E-state index in [1.165, 1.54) is 0 Å². The first-order valence-corrected chi connectivity index (χ1v) is 14.7. The Morgan fingerprint density at radius 3 is 1.42 bits per heavy atom. The van der Waals surface area contributed by atoms with Gasteiger partial charge in [-0.2, -0.15) is 0 Å². The highest BCUT2D eigenvalue weighted by atomic mass is 31.0. The summed E-state index contributed by atoms with van der Waals surface area (Å²) in [5, 5.41) is 17.3. The van der Waals surface area contributed by atoms with E-state index < -0.39 is 0 Å². The third-order valence-corrected chi connectivity index (χ3v) is 7.51. The lowest BCUT2D eigenvalue weighted by Crippen LogP contribution is -2.17. The summed E-state index contributed by atoms with van der Waals surface area (Å²) in [6, 6.07) is 34.4. The summed E-state index contributed by atoms with van der Waals surface area (Å²) >= 11 is 0. The first-order chi connectivity index (χ1) is 22.0. The first-order valence-electron chi connectivity index (χ1n) is 14.2. The second-order valence-electron chi connectivity index (χ2n) is 10.2. The molecule has 9 heteroatoms. The fraction of sp³-hybridized carbons (Fsp3) is 0. The molecule has 0 aromatic carbocycles. The van der Waals surface area contributed by atoms with E-state index >= 15 is 0 Å². The summed E-state index contributed by atoms with van der Waals surface area (Å²) in [5.74, 6) is 0. The maximum Gasteiger partial charge on any atom is 0.0894 e. The van der Waals surface area contributed by atoms with Gasteiger partial charge in [-0.1, -0.05) is 45.6 Å². The smallest absolute Gasteiger partial charge is 0.0894 e. The number of allylic oxidation sites excluding steroid dienone is 4. The summed E-state index contributed by atoms with van der Waals surface area (Å²) < 4.78 is 0. The van der Waals surface area contributed by atoms with E-state index in [0.29, 0.717) is 45.3 Å². The van der Waals surface area contributed by atoms with Crippen molar-refractivity contribution in [3.8, 4) is 45.6 Å². The Labute approximate surface area is 262 Å². The van der Waals surface area contributed by atoms with Gasteiger partial charge in [-0.05, 0) is 84.9 Å². The zero-order valence-corrected chi connectivity index (χ0v) is 25.0. The van der Waals surface area contributed by atoms with Crippen LogP contribution in [0, 0.1) is 10.8 Å². The van der Waals surface area contributed by atoms with Crippen molar-refractivity contribution in [1.82, 2.24) is 29.9 Å². The van der Waals surface area contributed by atoms with Gasteiger partial charge in [0.1, 0.15) is 0 Å². The molecule has 1 aliphatic carbocycles. The van der Waals surface area contributed by atoms with Crippen LogP contribution in [0.3, 0.4) is 0 Å². The molecule has 0 bridgehead atoms. The van der Waals surface area contributed by atoms with Crippen LogP contribution < -0.4 is 5.44 Å². The molecule has 0 spiro atoms. The van der Waals surface area contributed by atoms with Gasteiger partial charge in [0.15, 0.2) is 0 Å². The molecule has 6 aromatic heterocycles. The average molecular weight is 601 g/mol. The fourth-order valence-corrected chi connectivity index (χ4v) is 5.26. The molecular formula is C36H25N8P. The maximum absolute atomic E-state index is 8.72. The molecular weight excluding hydrogens is 575 g/mol. The van der Waals surface area contributed by atoms with Crippen LogP contribution in [-0.2, 0) is 0 Å². The van der Waals surface area contributed by atoms with Crippen molar-refractivity contribution in [3.05, 3.63) is 139 Å². The van der Waals surface area contributed by atoms with Crippen LogP contribution in [0.1, 0.15) is 11.4 Å². The monoisotopic (exact) mass is 600 g/mol. The molecule has 7 rings (SSSR count).